The fourth-order valence-electron chi connectivity index (χ4n) is 4.73. The smallest absolute Gasteiger partial charge is 0 e. The summed E-state index contributed by atoms with van der Waals surface area (Å²) >= 11 is 0. The molecule has 4 aromatic carbocycles. The van der Waals surface area contributed by atoms with Crippen molar-refractivity contribution in [3.8, 4) is 0 Å². The first kappa shape index (κ1) is 55.5. The number of rotatable bonds is 8. The molecule has 0 aliphatic rings. The van der Waals surface area contributed by atoms with Crippen LogP contribution < -0.4 is 0 Å². The van der Waals surface area contributed by atoms with Gasteiger partial charge in [-0.1, -0.05) is 37.1 Å². The summed E-state index contributed by atoms with van der Waals surface area (Å²) in [6.07, 6.45) is 7.97. The van der Waals surface area contributed by atoms with Gasteiger partial charge in [0.05, 0.1) is 0 Å². The average molecular weight is 941 g/mol. The Morgan fingerprint density at radius 2 is 0.583 bits per heavy atom. The van der Waals surface area contributed by atoms with E-state index in [-0.39, 0.29) is 131 Å². The standard InChI is InChI=1S/4C11H14.4Y/c2*1-4-5-11-7-6-9(2)8-10(11)3;2*1-4-5-11-8-9(2)6-7-10(11)3;;;;/h4*6-8H,1,3-5H2,2H3;;;;/q4*-2;;;;. The van der Waals surface area contributed by atoms with Crippen molar-refractivity contribution in [1.82, 2.24) is 0 Å². The number of hydrogen-bond donors (Lipinski definition) is 0. The molecule has 0 atom stereocenters. The molecule has 4 heteroatoms. The summed E-state index contributed by atoms with van der Waals surface area (Å²) in [5.41, 5.74) is 15.1. The summed E-state index contributed by atoms with van der Waals surface area (Å²) < 4.78 is 0. The summed E-state index contributed by atoms with van der Waals surface area (Å²) in [5.74, 6) is 0. The summed E-state index contributed by atoms with van der Waals surface area (Å²) in [7, 11) is 0. The summed E-state index contributed by atoms with van der Waals surface area (Å²) in [6, 6.07) is 25.5. The largest absolute Gasteiger partial charge is 0.344 e. The minimum atomic E-state index is 0. The second-order valence-electron chi connectivity index (χ2n) is 11.5. The van der Waals surface area contributed by atoms with Crippen LogP contribution in [0, 0.1) is 83.1 Å². The van der Waals surface area contributed by atoms with Gasteiger partial charge in [0.15, 0.2) is 0 Å². The Kier molecular flexibility index (Phi) is 37.5. The fraction of sp³-hybridized carbons (Fsp3) is 0.273. The molecule has 0 saturated carbocycles. The Hall–Kier alpha value is 0.776. The number of hydrogen-bond acceptors (Lipinski definition) is 0. The second-order valence-corrected chi connectivity index (χ2v) is 11.5. The van der Waals surface area contributed by atoms with E-state index in [1.54, 1.807) is 0 Å². The van der Waals surface area contributed by atoms with E-state index >= 15 is 0 Å². The van der Waals surface area contributed by atoms with E-state index in [4.69, 9.17) is 0 Å². The van der Waals surface area contributed by atoms with Crippen LogP contribution in [0.3, 0.4) is 0 Å². The molecule has 0 saturated heterocycles. The molecule has 0 spiro atoms. The molecule has 4 rings (SSSR count). The van der Waals surface area contributed by atoms with Gasteiger partial charge in [0.1, 0.15) is 0 Å². The van der Waals surface area contributed by atoms with Crippen molar-refractivity contribution in [2.45, 2.75) is 79.1 Å². The molecule has 0 heterocycles. The van der Waals surface area contributed by atoms with Crippen LogP contribution in [0.15, 0.2) is 72.8 Å². The maximum Gasteiger partial charge on any atom is 0 e. The molecule has 0 aliphatic heterocycles. The van der Waals surface area contributed by atoms with E-state index in [1.165, 1.54) is 44.5 Å². The Balaban J connectivity index is -0.000000262. The van der Waals surface area contributed by atoms with E-state index in [0.29, 0.717) is 0 Å². The molecule has 48 heavy (non-hydrogen) atoms. The first-order valence-electron chi connectivity index (χ1n) is 15.8. The maximum absolute atomic E-state index is 3.97. The molecular weight excluding hydrogens is 884 g/mol. The van der Waals surface area contributed by atoms with E-state index in [1.807, 2.05) is 0 Å². The Morgan fingerprint density at radius 3 is 0.854 bits per heavy atom. The predicted molar refractivity (Wildman–Crippen MR) is 197 cm³/mol. The normalized spacial score (nSPS) is 9.17. The molecule has 0 aromatic heterocycles. The molecule has 0 N–H and O–H groups in total. The first-order chi connectivity index (χ1) is 20.9. The molecule has 4 radical (unpaired) electrons. The van der Waals surface area contributed by atoms with Gasteiger partial charge < -0.3 is 27.7 Å². The van der Waals surface area contributed by atoms with Crippen LogP contribution in [-0.2, 0) is 157 Å². The predicted octanol–water partition coefficient (Wildman–Crippen LogP) is 11.8. The molecule has 0 nitrogen and oxygen atoms in total. The van der Waals surface area contributed by atoms with Crippen molar-refractivity contribution < 1.29 is 131 Å². The van der Waals surface area contributed by atoms with E-state index in [9.17, 15) is 0 Å². The van der Waals surface area contributed by atoms with Gasteiger partial charge in [-0.3, -0.25) is 0 Å². The molecule has 4 aromatic rings. The van der Waals surface area contributed by atoms with Gasteiger partial charge in [0, 0.05) is 131 Å². The Morgan fingerprint density at radius 1 is 0.333 bits per heavy atom. The molecule has 0 fully saturated rings. The van der Waals surface area contributed by atoms with Crippen molar-refractivity contribution in [2.24, 2.45) is 0 Å². The molecular formula is C44H56Y4-8. The van der Waals surface area contributed by atoms with Crippen molar-refractivity contribution >= 4 is 0 Å². The fourth-order valence-corrected chi connectivity index (χ4v) is 4.73. The first-order valence-corrected chi connectivity index (χ1v) is 15.8. The van der Waals surface area contributed by atoms with E-state index < -0.39 is 0 Å². The zero-order valence-corrected chi connectivity index (χ0v) is 41.9. The number of benzene rings is 4. The van der Waals surface area contributed by atoms with Crippen molar-refractivity contribution in [3.63, 3.8) is 0 Å². The SMILES string of the molecule is [CH2-]CCc1cc(C)ccc1[CH2-].[CH2-]CCc1cc(C)ccc1[CH2-].[CH2-]CCc1ccc(C)cc1[CH2-].[CH2-]CCc1ccc(C)cc1[CH2-].[Y].[Y].[Y].[Y]. The molecule has 252 valence electrons. The maximum atomic E-state index is 3.97. The molecule has 0 unspecified atom stereocenters. The van der Waals surface area contributed by atoms with E-state index in [2.05, 4.69) is 156 Å². The van der Waals surface area contributed by atoms with Crippen molar-refractivity contribution in [1.29, 1.82) is 0 Å². The van der Waals surface area contributed by atoms with Crippen LogP contribution in [0.25, 0.3) is 0 Å². The monoisotopic (exact) mass is 940 g/mol. The average Bonchev–Trinajstić information content (AvgIpc) is 2.97. The summed E-state index contributed by atoms with van der Waals surface area (Å²) in [5, 5.41) is 0. The van der Waals surface area contributed by atoms with Crippen LogP contribution in [0.5, 0.6) is 0 Å². The van der Waals surface area contributed by atoms with E-state index in [0.717, 1.165) is 73.6 Å². The molecule has 0 aliphatic carbocycles. The van der Waals surface area contributed by atoms with Gasteiger partial charge in [-0.05, 0) is 13.8 Å². The third-order valence-corrected chi connectivity index (χ3v) is 7.23. The minimum Gasteiger partial charge on any atom is -0.344 e. The zero-order chi connectivity index (χ0) is 33.1. The Labute approximate surface area is 398 Å². The van der Waals surface area contributed by atoms with Crippen LogP contribution in [-0.4, -0.2) is 0 Å². The van der Waals surface area contributed by atoms with Crippen molar-refractivity contribution in [3.05, 3.63) is 195 Å². The van der Waals surface area contributed by atoms with Gasteiger partial charge in [-0.2, -0.15) is 122 Å². The topological polar surface area (TPSA) is 0 Å². The minimum absolute atomic E-state index is 0. The molecule has 0 amide bonds. The third kappa shape index (κ3) is 23.4. The second kappa shape index (κ2) is 32.4. The van der Waals surface area contributed by atoms with Crippen LogP contribution >= 0.6 is 0 Å². The van der Waals surface area contributed by atoms with Gasteiger partial charge in [-0.25, -0.2) is 0 Å². The van der Waals surface area contributed by atoms with Gasteiger partial charge in [-0.15, -0.1) is 73.2 Å². The summed E-state index contributed by atoms with van der Waals surface area (Å²) in [4.78, 5) is 0. The Bertz CT molecular complexity index is 1280. The molecule has 0 bridgehead atoms. The van der Waals surface area contributed by atoms with Gasteiger partial charge in [0.2, 0.25) is 0 Å². The van der Waals surface area contributed by atoms with Crippen LogP contribution in [0.1, 0.15) is 92.4 Å². The summed E-state index contributed by atoms with van der Waals surface area (Å²) in [6.45, 7) is 39.5. The van der Waals surface area contributed by atoms with Crippen LogP contribution in [0.2, 0.25) is 0 Å². The third-order valence-electron chi connectivity index (χ3n) is 7.23. The quantitative estimate of drug-likeness (QED) is 0.154. The van der Waals surface area contributed by atoms with Gasteiger partial charge in [0.25, 0.3) is 0 Å². The number of aryl methyl sites for hydroxylation is 8. The zero-order valence-electron chi connectivity index (χ0n) is 30.6. The van der Waals surface area contributed by atoms with Crippen molar-refractivity contribution in [2.75, 3.05) is 0 Å². The van der Waals surface area contributed by atoms with Gasteiger partial charge >= 0.3 is 0 Å². The van der Waals surface area contributed by atoms with Crippen LogP contribution in [0.4, 0.5) is 0 Å².